The van der Waals surface area contributed by atoms with Crippen molar-refractivity contribution in [3.63, 3.8) is 0 Å². The molecule has 0 aliphatic heterocycles. The number of thiazole rings is 1. The molecule has 3 aromatic carbocycles. The highest BCUT2D eigenvalue weighted by atomic mass is 32.1. The van der Waals surface area contributed by atoms with Crippen LogP contribution in [-0.2, 0) is 0 Å². The number of aromatic nitrogens is 3. The van der Waals surface area contributed by atoms with Crippen molar-refractivity contribution in [1.82, 2.24) is 14.8 Å². The Bertz CT molecular complexity index is 1490. The van der Waals surface area contributed by atoms with Crippen LogP contribution in [0.15, 0.2) is 82.6 Å². The number of H-pyrrole nitrogens is 1. The van der Waals surface area contributed by atoms with Crippen molar-refractivity contribution >= 4 is 33.0 Å². The van der Waals surface area contributed by atoms with Gasteiger partial charge in [-0.25, -0.2) is 4.98 Å². The van der Waals surface area contributed by atoms with Gasteiger partial charge >= 0.3 is 0 Å². The number of para-hydroxylation sites is 1. The van der Waals surface area contributed by atoms with E-state index in [1.165, 1.54) is 16.0 Å². The van der Waals surface area contributed by atoms with Crippen LogP contribution in [0.3, 0.4) is 0 Å². The quantitative estimate of drug-likeness (QED) is 0.336. The second-order valence-corrected chi connectivity index (χ2v) is 8.74. The molecule has 2 heterocycles. The normalized spacial score (nSPS) is 11.8. The highest BCUT2D eigenvalue weighted by Crippen LogP contribution is 2.28. The molecule has 0 bridgehead atoms. The van der Waals surface area contributed by atoms with Crippen LogP contribution in [0.2, 0.25) is 0 Å². The number of hydrogen-bond acceptors (Lipinski definition) is 5. The van der Waals surface area contributed by atoms with Gasteiger partial charge in [0.05, 0.1) is 40.0 Å². The zero-order chi connectivity index (χ0) is 22.9. The molecule has 7 heteroatoms. The average Bonchev–Trinajstić information content (AvgIpc) is 3.41. The van der Waals surface area contributed by atoms with Crippen LogP contribution in [0.5, 0.6) is 5.75 Å². The summed E-state index contributed by atoms with van der Waals surface area (Å²) in [5.41, 5.74) is 5.32. The largest absolute Gasteiger partial charge is 0.497 e. The van der Waals surface area contributed by atoms with E-state index < -0.39 is 0 Å². The summed E-state index contributed by atoms with van der Waals surface area (Å²) in [5, 5.41) is 3.88. The molecule has 2 aromatic heterocycles. The molecule has 5 rings (SSSR count). The molecule has 0 spiro atoms. The molecule has 0 amide bonds. The van der Waals surface area contributed by atoms with Crippen molar-refractivity contribution in [2.24, 2.45) is 4.99 Å². The number of fused-ring (bicyclic) bond motifs is 1. The maximum Gasteiger partial charge on any atom is 0.283 e. The Morgan fingerprint density at radius 1 is 1.03 bits per heavy atom. The van der Waals surface area contributed by atoms with Crippen molar-refractivity contribution in [1.29, 1.82) is 0 Å². The van der Waals surface area contributed by atoms with E-state index >= 15 is 0 Å². The molecule has 0 aliphatic carbocycles. The van der Waals surface area contributed by atoms with Gasteiger partial charge in [0.25, 0.3) is 5.56 Å². The van der Waals surface area contributed by atoms with Crippen LogP contribution >= 0.6 is 11.3 Å². The number of aryl methyl sites for hydroxylation is 1. The maximum atomic E-state index is 13.6. The third-order valence-electron chi connectivity index (χ3n) is 5.44. The number of methoxy groups -OCH3 is 1. The molecule has 6 nitrogen and oxygen atoms in total. The van der Waals surface area contributed by atoms with Crippen LogP contribution in [0, 0.1) is 6.92 Å². The lowest BCUT2D eigenvalue weighted by Crippen LogP contribution is -2.19. The van der Waals surface area contributed by atoms with Gasteiger partial charge in [-0.3, -0.25) is 14.9 Å². The number of rotatable bonds is 5. The zero-order valence-corrected chi connectivity index (χ0v) is 19.3. The van der Waals surface area contributed by atoms with Crippen molar-refractivity contribution in [2.45, 2.75) is 13.8 Å². The molecule has 0 radical (unpaired) electrons. The van der Waals surface area contributed by atoms with Crippen LogP contribution in [-0.4, -0.2) is 27.6 Å². The van der Waals surface area contributed by atoms with Crippen LogP contribution in [0.4, 0.5) is 5.69 Å². The Balaban J connectivity index is 1.69. The number of hydrogen-bond donors (Lipinski definition) is 1. The monoisotopic (exact) mass is 454 g/mol. The van der Waals surface area contributed by atoms with Crippen molar-refractivity contribution in [3.8, 4) is 22.1 Å². The highest BCUT2D eigenvalue weighted by molar-refractivity contribution is 7.20. The standard InChI is InChI=1S/C26H22N4O2S/c1-16-8-12-19(13-9-16)27-17(2)23-24(18-10-14-20(32-3)15-11-18)29-30(25(23)31)26-28-21-6-4-5-7-22(21)33-26/h4-15,29H,1-3H3. The van der Waals surface area contributed by atoms with Gasteiger partial charge in [-0.05, 0) is 62.4 Å². The van der Waals surface area contributed by atoms with Gasteiger partial charge in [0.1, 0.15) is 5.75 Å². The first-order chi connectivity index (χ1) is 16.0. The molecule has 164 valence electrons. The second kappa shape index (κ2) is 8.52. The Morgan fingerprint density at radius 2 is 1.76 bits per heavy atom. The van der Waals surface area contributed by atoms with E-state index in [0.717, 1.165) is 32.8 Å². The Hall–Kier alpha value is -3.97. The predicted molar refractivity (Wildman–Crippen MR) is 135 cm³/mol. The summed E-state index contributed by atoms with van der Waals surface area (Å²) in [6.07, 6.45) is 0. The fraction of sp³-hybridized carbons (Fsp3) is 0.115. The van der Waals surface area contributed by atoms with E-state index in [1.54, 1.807) is 7.11 Å². The molecule has 0 saturated carbocycles. The molecule has 0 atom stereocenters. The summed E-state index contributed by atoms with van der Waals surface area (Å²) >= 11 is 1.47. The van der Waals surface area contributed by atoms with Gasteiger partial charge in [0, 0.05) is 5.56 Å². The van der Waals surface area contributed by atoms with Gasteiger partial charge in [-0.15, -0.1) is 0 Å². The van der Waals surface area contributed by atoms with E-state index in [9.17, 15) is 4.79 Å². The summed E-state index contributed by atoms with van der Waals surface area (Å²) in [4.78, 5) is 23.0. The lowest BCUT2D eigenvalue weighted by Gasteiger charge is -2.05. The lowest BCUT2D eigenvalue weighted by molar-refractivity contribution is 0.415. The van der Waals surface area contributed by atoms with E-state index in [2.05, 4.69) is 10.1 Å². The summed E-state index contributed by atoms with van der Waals surface area (Å²) < 4.78 is 7.82. The molecule has 0 unspecified atom stereocenters. The minimum atomic E-state index is -0.187. The lowest BCUT2D eigenvalue weighted by atomic mass is 10.0. The van der Waals surface area contributed by atoms with Crippen LogP contribution < -0.4 is 10.3 Å². The van der Waals surface area contributed by atoms with Gasteiger partial charge < -0.3 is 4.74 Å². The average molecular weight is 455 g/mol. The van der Waals surface area contributed by atoms with Crippen molar-refractivity contribution in [3.05, 3.63) is 94.3 Å². The smallest absolute Gasteiger partial charge is 0.283 e. The highest BCUT2D eigenvalue weighted by Gasteiger charge is 2.21. The number of benzene rings is 3. The summed E-state index contributed by atoms with van der Waals surface area (Å²) in [7, 11) is 1.63. The number of ether oxygens (including phenoxy) is 1. The third kappa shape index (κ3) is 3.99. The summed E-state index contributed by atoms with van der Waals surface area (Å²) in [6.45, 7) is 3.89. The van der Waals surface area contributed by atoms with Gasteiger partial charge in [0.2, 0.25) is 5.13 Å². The van der Waals surface area contributed by atoms with Gasteiger partial charge in [-0.2, -0.15) is 4.68 Å². The van der Waals surface area contributed by atoms with Crippen LogP contribution in [0.1, 0.15) is 18.1 Å². The van der Waals surface area contributed by atoms with Crippen molar-refractivity contribution in [2.75, 3.05) is 7.11 Å². The molecular formula is C26H22N4O2S. The molecule has 33 heavy (non-hydrogen) atoms. The predicted octanol–water partition coefficient (Wildman–Crippen LogP) is 5.90. The van der Waals surface area contributed by atoms with Crippen molar-refractivity contribution < 1.29 is 4.74 Å². The minimum absolute atomic E-state index is 0.187. The summed E-state index contributed by atoms with van der Waals surface area (Å²) in [5.74, 6) is 0.748. The number of aromatic amines is 1. The van der Waals surface area contributed by atoms with E-state index in [4.69, 9.17) is 9.73 Å². The number of nitrogens with one attached hydrogen (secondary N) is 1. The first-order valence-corrected chi connectivity index (χ1v) is 11.3. The Labute approximate surface area is 194 Å². The van der Waals surface area contributed by atoms with Gasteiger partial charge in [-0.1, -0.05) is 41.2 Å². The van der Waals surface area contributed by atoms with Gasteiger partial charge in [0.15, 0.2) is 0 Å². The van der Waals surface area contributed by atoms with E-state index in [0.29, 0.717) is 22.1 Å². The fourth-order valence-corrected chi connectivity index (χ4v) is 4.62. The maximum absolute atomic E-state index is 13.6. The van der Waals surface area contributed by atoms with Crippen LogP contribution in [0.25, 0.3) is 26.6 Å². The van der Waals surface area contributed by atoms with E-state index in [1.807, 2.05) is 86.6 Å². The minimum Gasteiger partial charge on any atom is -0.497 e. The first kappa shape index (κ1) is 20.9. The fourth-order valence-electron chi connectivity index (χ4n) is 3.70. The molecular weight excluding hydrogens is 432 g/mol. The molecule has 0 aliphatic rings. The second-order valence-electron chi connectivity index (χ2n) is 7.73. The topological polar surface area (TPSA) is 72.3 Å². The number of nitrogens with zero attached hydrogens (tertiary/aromatic N) is 3. The Kier molecular flexibility index (Phi) is 5.40. The Morgan fingerprint density at radius 3 is 2.45 bits per heavy atom. The summed E-state index contributed by atoms with van der Waals surface area (Å²) in [6, 6.07) is 23.4. The zero-order valence-electron chi connectivity index (χ0n) is 18.5. The third-order valence-corrected chi connectivity index (χ3v) is 6.46. The molecule has 0 fully saturated rings. The molecule has 0 saturated heterocycles. The molecule has 5 aromatic rings. The SMILES string of the molecule is COc1ccc(-c2[nH]n(-c3nc4ccccc4s3)c(=O)c2C(C)=Nc2ccc(C)cc2)cc1. The molecule has 1 N–H and O–H groups in total. The van der Waals surface area contributed by atoms with E-state index in [-0.39, 0.29) is 5.56 Å². The number of aliphatic imine (C=N–C) groups is 1. The first-order valence-electron chi connectivity index (χ1n) is 10.5.